The normalized spacial score (nSPS) is 19.5. The molecule has 0 aliphatic carbocycles. The number of hydrogen-bond donors (Lipinski definition) is 1. The van der Waals surface area contributed by atoms with E-state index in [0.717, 1.165) is 12.0 Å². The van der Waals surface area contributed by atoms with E-state index in [9.17, 15) is 16.8 Å². The van der Waals surface area contributed by atoms with Crippen LogP contribution in [0.25, 0.3) is 0 Å². The van der Waals surface area contributed by atoms with E-state index in [0.29, 0.717) is 13.0 Å². The fraction of sp³-hybridized carbons (Fsp3) is 0.538. The maximum absolute atomic E-state index is 12.1. The first-order valence-electron chi connectivity index (χ1n) is 6.85. The molecule has 1 aliphatic heterocycles. The standard InChI is InChI=1S/C13H20N2O4S2/c1-12-5-4-6-13(11-12)21(18,19)14-7-9-15-8-2-3-10-20(15,16)17/h4-6,11,14H,2-3,7-10H2,1H3. The first kappa shape index (κ1) is 16.4. The highest BCUT2D eigenvalue weighted by Crippen LogP contribution is 2.13. The van der Waals surface area contributed by atoms with Crippen LogP contribution in [0.3, 0.4) is 0 Å². The maximum Gasteiger partial charge on any atom is 0.240 e. The number of benzene rings is 1. The minimum Gasteiger partial charge on any atom is -0.212 e. The Kier molecular flexibility index (Phi) is 5.03. The van der Waals surface area contributed by atoms with Gasteiger partial charge in [-0.3, -0.25) is 0 Å². The average molecular weight is 332 g/mol. The Morgan fingerprint density at radius 1 is 1.29 bits per heavy atom. The van der Waals surface area contributed by atoms with E-state index in [-0.39, 0.29) is 23.7 Å². The molecule has 0 spiro atoms. The summed E-state index contributed by atoms with van der Waals surface area (Å²) in [6.07, 6.45) is 1.50. The lowest BCUT2D eigenvalue weighted by molar-refractivity contribution is 0.386. The summed E-state index contributed by atoms with van der Waals surface area (Å²) in [6, 6.07) is 6.60. The molecule has 0 amide bonds. The maximum atomic E-state index is 12.1. The zero-order chi connectivity index (χ0) is 15.5. The quantitative estimate of drug-likeness (QED) is 0.860. The van der Waals surface area contributed by atoms with Crippen molar-refractivity contribution in [2.45, 2.75) is 24.7 Å². The van der Waals surface area contributed by atoms with Crippen molar-refractivity contribution in [3.05, 3.63) is 29.8 Å². The molecule has 1 saturated heterocycles. The van der Waals surface area contributed by atoms with Gasteiger partial charge in [-0.05, 0) is 37.5 Å². The third-order valence-electron chi connectivity index (χ3n) is 3.41. The van der Waals surface area contributed by atoms with Gasteiger partial charge in [-0.1, -0.05) is 12.1 Å². The number of nitrogens with zero attached hydrogens (tertiary/aromatic N) is 1. The van der Waals surface area contributed by atoms with Gasteiger partial charge in [0.25, 0.3) is 0 Å². The Bertz CT molecular complexity index is 699. The van der Waals surface area contributed by atoms with Crippen molar-refractivity contribution in [2.75, 3.05) is 25.4 Å². The second-order valence-corrected chi connectivity index (χ2v) is 8.99. The van der Waals surface area contributed by atoms with Crippen molar-refractivity contribution in [3.63, 3.8) is 0 Å². The van der Waals surface area contributed by atoms with Crippen molar-refractivity contribution >= 4 is 20.0 Å². The molecule has 21 heavy (non-hydrogen) atoms. The molecule has 118 valence electrons. The average Bonchev–Trinajstić information content (AvgIpc) is 2.40. The molecule has 1 fully saturated rings. The van der Waals surface area contributed by atoms with Gasteiger partial charge in [-0.15, -0.1) is 0 Å². The Hall–Kier alpha value is -0.960. The molecule has 0 bridgehead atoms. The Balaban J connectivity index is 1.96. The highest BCUT2D eigenvalue weighted by molar-refractivity contribution is 7.89. The van der Waals surface area contributed by atoms with Crippen LogP contribution in [0, 0.1) is 6.92 Å². The Morgan fingerprint density at radius 3 is 2.71 bits per heavy atom. The molecule has 1 N–H and O–H groups in total. The minimum atomic E-state index is -3.59. The van der Waals surface area contributed by atoms with Crippen molar-refractivity contribution in [1.82, 2.24) is 9.03 Å². The monoisotopic (exact) mass is 332 g/mol. The topological polar surface area (TPSA) is 83.6 Å². The summed E-state index contributed by atoms with van der Waals surface area (Å²) in [5.74, 6) is 0.150. The summed E-state index contributed by atoms with van der Waals surface area (Å²) >= 11 is 0. The third-order valence-corrected chi connectivity index (χ3v) is 6.82. The second-order valence-electron chi connectivity index (χ2n) is 5.14. The van der Waals surface area contributed by atoms with E-state index >= 15 is 0 Å². The molecule has 1 heterocycles. The zero-order valence-corrected chi connectivity index (χ0v) is 13.6. The molecule has 0 atom stereocenters. The van der Waals surface area contributed by atoms with Crippen LogP contribution in [0.15, 0.2) is 29.2 Å². The molecule has 8 heteroatoms. The van der Waals surface area contributed by atoms with Gasteiger partial charge >= 0.3 is 0 Å². The number of nitrogens with one attached hydrogen (secondary N) is 1. The molecule has 0 saturated carbocycles. The first-order valence-corrected chi connectivity index (χ1v) is 9.95. The molecule has 0 aromatic heterocycles. The van der Waals surface area contributed by atoms with Crippen molar-refractivity contribution in [1.29, 1.82) is 0 Å². The smallest absolute Gasteiger partial charge is 0.212 e. The molecule has 0 radical (unpaired) electrons. The van der Waals surface area contributed by atoms with E-state index in [4.69, 9.17) is 0 Å². The van der Waals surface area contributed by atoms with Crippen molar-refractivity contribution in [2.24, 2.45) is 0 Å². The molecule has 1 aromatic carbocycles. The van der Waals surface area contributed by atoms with E-state index in [1.807, 2.05) is 13.0 Å². The number of sulfonamides is 2. The molecule has 6 nitrogen and oxygen atoms in total. The van der Waals surface area contributed by atoms with Gasteiger partial charge < -0.3 is 0 Å². The third kappa shape index (κ3) is 4.26. The van der Waals surface area contributed by atoms with Gasteiger partial charge in [-0.2, -0.15) is 0 Å². The lowest BCUT2D eigenvalue weighted by Gasteiger charge is -2.26. The SMILES string of the molecule is Cc1cccc(S(=O)(=O)NCCN2CCCCS2(=O)=O)c1. The summed E-state index contributed by atoms with van der Waals surface area (Å²) < 4.78 is 51.6. The van der Waals surface area contributed by atoms with Crippen LogP contribution in [0.4, 0.5) is 0 Å². The van der Waals surface area contributed by atoms with Gasteiger partial charge in [0.2, 0.25) is 20.0 Å². The summed E-state index contributed by atoms with van der Waals surface area (Å²) in [5.41, 5.74) is 0.858. The first-order chi connectivity index (χ1) is 9.81. The van der Waals surface area contributed by atoms with Gasteiger partial charge in [0.15, 0.2) is 0 Å². The van der Waals surface area contributed by atoms with Crippen molar-refractivity contribution < 1.29 is 16.8 Å². The molecular formula is C13H20N2O4S2. The predicted octanol–water partition coefficient (Wildman–Crippen LogP) is 0.699. The molecule has 1 aromatic rings. The van der Waals surface area contributed by atoms with Crippen LogP contribution >= 0.6 is 0 Å². The predicted molar refractivity (Wildman–Crippen MR) is 81.0 cm³/mol. The van der Waals surface area contributed by atoms with Crippen LogP contribution in [0.5, 0.6) is 0 Å². The van der Waals surface area contributed by atoms with Gasteiger partial charge in [0, 0.05) is 19.6 Å². The van der Waals surface area contributed by atoms with Crippen LogP contribution in [0.1, 0.15) is 18.4 Å². The fourth-order valence-electron chi connectivity index (χ4n) is 2.26. The number of rotatable bonds is 5. The zero-order valence-electron chi connectivity index (χ0n) is 11.9. The van der Waals surface area contributed by atoms with Gasteiger partial charge in [0.05, 0.1) is 10.6 Å². The fourth-order valence-corrected chi connectivity index (χ4v) is 4.99. The highest BCUT2D eigenvalue weighted by atomic mass is 32.2. The second kappa shape index (κ2) is 6.43. The number of aryl methyl sites for hydroxylation is 1. The van der Waals surface area contributed by atoms with Crippen molar-refractivity contribution in [3.8, 4) is 0 Å². The summed E-state index contributed by atoms with van der Waals surface area (Å²) in [4.78, 5) is 0.198. The lowest BCUT2D eigenvalue weighted by Crippen LogP contribution is -2.42. The van der Waals surface area contributed by atoms with Gasteiger partial charge in [-0.25, -0.2) is 25.9 Å². The molecule has 0 unspecified atom stereocenters. The molecular weight excluding hydrogens is 312 g/mol. The van der Waals surface area contributed by atoms with E-state index < -0.39 is 20.0 Å². The summed E-state index contributed by atoms with van der Waals surface area (Å²) in [6.45, 7) is 2.54. The largest absolute Gasteiger partial charge is 0.240 e. The minimum absolute atomic E-state index is 0.0789. The number of hydrogen-bond acceptors (Lipinski definition) is 4. The molecule has 1 aliphatic rings. The lowest BCUT2D eigenvalue weighted by atomic mass is 10.2. The highest BCUT2D eigenvalue weighted by Gasteiger charge is 2.25. The van der Waals surface area contributed by atoms with Crippen LogP contribution < -0.4 is 4.72 Å². The Labute approximate surface area is 126 Å². The van der Waals surface area contributed by atoms with Crippen LogP contribution in [-0.2, 0) is 20.0 Å². The Morgan fingerprint density at radius 2 is 2.05 bits per heavy atom. The van der Waals surface area contributed by atoms with E-state index in [1.165, 1.54) is 10.4 Å². The van der Waals surface area contributed by atoms with Crippen LogP contribution in [0.2, 0.25) is 0 Å². The van der Waals surface area contributed by atoms with Crippen LogP contribution in [-0.4, -0.2) is 46.5 Å². The van der Waals surface area contributed by atoms with Gasteiger partial charge in [0.1, 0.15) is 0 Å². The summed E-state index contributed by atoms with van der Waals surface area (Å²) in [7, 11) is -6.81. The molecule has 2 rings (SSSR count). The van der Waals surface area contributed by atoms with E-state index in [2.05, 4.69) is 4.72 Å². The van der Waals surface area contributed by atoms with E-state index in [1.54, 1.807) is 12.1 Å². The summed E-state index contributed by atoms with van der Waals surface area (Å²) in [5, 5.41) is 0.